The van der Waals surface area contributed by atoms with E-state index in [9.17, 15) is 18.0 Å². The van der Waals surface area contributed by atoms with Crippen molar-refractivity contribution < 1.29 is 18.0 Å². The van der Waals surface area contributed by atoms with E-state index in [2.05, 4.69) is 26.1 Å². The number of benzene rings is 1. The molecule has 0 aliphatic heterocycles. The number of rotatable bonds is 2. The summed E-state index contributed by atoms with van der Waals surface area (Å²) in [6.07, 6.45) is -1.30. The monoisotopic (exact) mass is 325 g/mol. The van der Waals surface area contributed by atoms with Gasteiger partial charge in [0.05, 0.1) is 5.56 Å². The Hall–Kier alpha value is -1.52. The molecule has 2 bridgehead atoms. The summed E-state index contributed by atoms with van der Waals surface area (Å²) < 4.78 is 38.4. The van der Waals surface area contributed by atoms with E-state index < -0.39 is 17.6 Å². The van der Waals surface area contributed by atoms with Gasteiger partial charge in [-0.25, -0.2) is 0 Å². The standard InChI is InChI=1S/C18H22F3NO/c1-16(2)12-7-8-17(16,3)14(10-12)22-15(23)11-5-4-6-13(9-11)18(19,20)21/h4-6,9,12,14H,7-8,10H2,1-3H3,(H,22,23)/t12-,14-,17-/m1/s1. The van der Waals surface area contributed by atoms with Crippen LogP contribution in [0.25, 0.3) is 0 Å². The van der Waals surface area contributed by atoms with Crippen LogP contribution in [0.2, 0.25) is 0 Å². The van der Waals surface area contributed by atoms with Crippen LogP contribution in [0.3, 0.4) is 0 Å². The normalized spacial score (nSPS) is 32.1. The lowest BCUT2D eigenvalue weighted by molar-refractivity contribution is -0.137. The van der Waals surface area contributed by atoms with Crippen LogP contribution in [0.5, 0.6) is 0 Å². The van der Waals surface area contributed by atoms with Gasteiger partial charge in [0.1, 0.15) is 0 Å². The van der Waals surface area contributed by atoms with Crippen molar-refractivity contribution in [2.75, 3.05) is 0 Å². The van der Waals surface area contributed by atoms with Crippen LogP contribution >= 0.6 is 0 Å². The minimum Gasteiger partial charge on any atom is -0.349 e. The molecule has 0 unspecified atom stereocenters. The van der Waals surface area contributed by atoms with Gasteiger partial charge in [0.15, 0.2) is 0 Å². The summed E-state index contributed by atoms with van der Waals surface area (Å²) in [4.78, 5) is 12.4. The Kier molecular flexibility index (Phi) is 3.54. The summed E-state index contributed by atoms with van der Waals surface area (Å²) in [5, 5.41) is 3.00. The Morgan fingerprint density at radius 2 is 1.96 bits per heavy atom. The third-order valence-corrected chi connectivity index (χ3v) is 6.55. The second-order valence-corrected chi connectivity index (χ2v) is 7.72. The Morgan fingerprint density at radius 3 is 2.48 bits per heavy atom. The molecule has 1 aromatic rings. The van der Waals surface area contributed by atoms with Gasteiger partial charge in [-0.15, -0.1) is 0 Å². The van der Waals surface area contributed by atoms with E-state index in [4.69, 9.17) is 0 Å². The summed E-state index contributed by atoms with van der Waals surface area (Å²) in [5.74, 6) is 0.157. The van der Waals surface area contributed by atoms with Gasteiger partial charge in [-0.05, 0) is 54.2 Å². The van der Waals surface area contributed by atoms with Crippen molar-refractivity contribution in [3.8, 4) is 0 Å². The molecule has 5 heteroatoms. The number of nitrogens with one attached hydrogen (secondary N) is 1. The Balaban J connectivity index is 1.79. The van der Waals surface area contributed by atoms with Crippen LogP contribution in [0.15, 0.2) is 24.3 Å². The molecule has 1 N–H and O–H groups in total. The molecule has 3 atom stereocenters. The summed E-state index contributed by atoms with van der Waals surface area (Å²) in [6, 6.07) is 4.66. The Labute approximate surface area is 134 Å². The maximum Gasteiger partial charge on any atom is 0.416 e. The molecule has 2 aliphatic rings. The quantitative estimate of drug-likeness (QED) is 0.842. The number of halogens is 3. The lowest BCUT2D eigenvalue weighted by Crippen LogP contribution is -2.46. The highest BCUT2D eigenvalue weighted by molar-refractivity contribution is 5.94. The highest BCUT2D eigenvalue weighted by Crippen LogP contribution is 2.65. The van der Waals surface area contributed by atoms with Crippen LogP contribution in [0.1, 0.15) is 56.0 Å². The average molecular weight is 325 g/mol. The molecule has 23 heavy (non-hydrogen) atoms. The number of amides is 1. The first-order chi connectivity index (χ1) is 10.6. The fourth-order valence-corrected chi connectivity index (χ4v) is 4.50. The van der Waals surface area contributed by atoms with Crippen molar-refractivity contribution in [2.24, 2.45) is 16.7 Å². The summed E-state index contributed by atoms with van der Waals surface area (Å²) in [7, 11) is 0. The zero-order chi connectivity index (χ0) is 17.0. The minimum atomic E-state index is -4.43. The minimum absolute atomic E-state index is 0.00889. The van der Waals surface area contributed by atoms with Gasteiger partial charge in [-0.3, -0.25) is 4.79 Å². The molecule has 2 fully saturated rings. The number of carbonyl (C=O) groups is 1. The lowest BCUT2D eigenvalue weighted by atomic mass is 9.69. The molecule has 2 nitrogen and oxygen atoms in total. The SMILES string of the molecule is CC1(C)[C@@H]2CC[C@]1(C)[C@H](NC(=O)c1cccc(C(F)(F)F)c1)C2. The van der Waals surface area contributed by atoms with E-state index in [0.29, 0.717) is 5.92 Å². The highest BCUT2D eigenvalue weighted by Gasteiger charge is 2.61. The second-order valence-electron chi connectivity index (χ2n) is 7.72. The average Bonchev–Trinajstić information content (AvgIpc) is 2.80. The van der Waals surface area contributed by atoms with E-state index in [-0.39, 0.29) is 22.4 Å². The summed E-state index contributed by atoms with van der Waals surface area (Å²) in [6.45, 7) is 6.67. The largest absolute Gasteiger partial charge is 0.416 e. The van der Waals surface area contributed by atoms with Gasteiger partial charge in [0, 0.05) is 11.6 Å². The van der Waals surface area contributed by atoms with Crippen LogP contribution < -0.4 is 5.32 Å². The van der Waals surface area contributed by atoms with Crippen LogP contribution in [-0.2, 0) is 6.18 Å². The predicted molar refractivity (Wildman–Crippen MR) is 81.9 cm³/mol. The van der Waals surface area contributed by atoms with Crippen molar-refractivity contribution >= 4 is 5.91 Å². The Morgan fingerprint density at radius 1 is 1.26 bits per heavy atom. The number of fused-ring (bicyclic) bond motifs is 2. The first-order valence-corrected chi connectivity index (χ1v) is 8.04. The predicted octanol–water partition coefficient (Wildman–Crippen LogP) is 4.65. The van der Waals surface area contributed by atoms with E-state index in [1.807, 2.05) is 0 Å². The van der Waals surface area contributed by atoms with Gasteiger partial charge in [0.25, 0.3) is 5.91 Å². The van der Waals surface area contributed by atoms with Gasteiger partial charge >= 0.3 is 6.18 Å². The highest BCUT2D eigenvalue weighted by atomic mass is 19.4. The van der Waals surface area contributed by atoms with Crippen molar-refractivity contribution in [3.63, 3.8) is 0 Å². The third-order valence-electron chi connectivity index (χ3n) is 6.55. The number of hydrogen-bond donors (Lipinski definition) is 1. The lowest BCUT2D eigenvalue weighted by Gasteiger charge is -2.39. The van der Waals surface area contributed by atoms with Gasteiger partial charge < -0.3 is 5.32 Å². The molecule has 0 spiro atoms. The zero-order valence-corrected chi connectivity index (χ0v) is 13.6. The topological polar surface area (TPSA) is 29.1 Å². The molecule has 126 valence electrons. The fraction of sp³-hybridized carbons (Fsp3) is 0.611. The van der Waals surface area contributed by atoms with Gasteiger partial charge in [-0.1, -0.05) is 26.8 Å². The second kappa shape index (κ2) is 4.99. The molecule has 0 heterocycles. The molecular weight excluding hydrogens is 303 g/mol. The fourth-order valence-electron chi connectivity index (χ4n) is 4.50. The molecule has 1 aromatic carbocycles. The first kappa shape index (κ1) is 16.3. The van der Waals surface area contributed by atoms with Crippen LogP contribution in [0, 0.1) is 16.7 Å². The Bertz CT molecular complexity index is 637. The summed E-state index contributed by atoms with van der Waals surface area (Å²) >= 11 is 0. The van der Waals surface area contributed by atoms with Gasteiger partial charge in [-0.2, -0.15) is 13.2 Å². The van der Waals surface area contributed by atoms with Crippen molar-refractivity contribution in [1.29, 1.82) is 0 Å². The molecule has 2 saturated carbocycles. The molecule has 3 rings (SSSR count). The molecule has 0 radical (unpaired) electrons. The number of hydrogen-bond acceptors (Lipinski definition) is 1. The maximum atomic E-state index is 12.8. The maximum absolute atomic E-state index is 12.8. The van der Waals surface area contributed by atoms with Crippen LogP contribution in [0.4, 0.5) is 13.2 Å². The number of alkyl halides is 3. The van der Waals surface area contributed by atoms with E-state index >= 15 is 0 Å². The first-order valence-electron chi connectivity index (χ1n) is 8.04. The van der Waals surface area contributed by atoms with E-state index in [0.717, 1.165) is 25.0 Å². The van der Waals surface area contributed by atoms with Crippen molar-refractivity contribution in [1.82, 2.24) is 5.32 Å². The van der Waals surface area contributed by atoms with E-state index in [1.54, 1.807) is 0 Å². The van der Waals surface area contributed by atoms with Crippen molar-refractivity contribution in [2.45, 2.75) is 52.3 Å². The smallest absolute Gasteiger partial charge is 0.349 e. The van der Waals surface area contributed by atoms with Crippen molar-refractivity contribution in [3.05, 3.63) is 35.4 Å². The molecule has 0 aromatic heterocycles. The third kappa shape index (κ3) is 2.45. The number of carbonyl (C=O) groups excluding carboxylic acids is 1. The molecule has 0 saturated heterocycles. The van der Waals surface area contributed by atoms with Gasteiger partial charge in [0.2, 0.25) is 0 Å². The van der Waals surface area contributed by atoms with E-state index in [1.165, 1.54) is 18.6 Å². The summed E-state index contributed by atoms with van der Waals surface area (Å²) in [5.41, 5.74) is -0.554. The molecular formula is C18H22F3NO. The molecule has 1 amide bonds. The van der Waals surface area contributed by atoms with Crippen LogP contribution in [-0.4, -0.2) is 11.9 Å². The zero-order valence-electron chi connectivity index (χ0n) is 13.6. The molecule has 2 aliphatic carbocycles.